The first-order valence-corrected chi connectivity index (χ1v) is 7.24. The van der Waals surface area contributed by atoms with Crippen LogP contribution in [0.4, 0.5) is 0 Å². The molecule has 0 aromatic heterocycles. The van der Waals surface area contributed by atoms with Crippen molar-refractivity contribution in [2.24, 2.45) is 5.92 Å². The third-order valence-electron chi connectivity index (χ3n) is 2.60. The summed E-state index contributed by atoms with van der Waals surface area (Å²) in [6.07, 6.45) is 1.21. The van der Waals surface area contributed by atoms with Crippen LogP contribution < -0.4 is 5.32 Å². The van der Waals surface area contributed by atoms with E-state index in [1.807, 2.05) is 13.8 Å². The second-order valence-electron chi connectivity index (χ2n) is 4.89. The fourth-order valence-corrected chi connectivity index (χ4v) is 2.12. The van der Waals surface area contributed by atoms with Gasteiger partial charge in [0.05, 0.1) is 11.4 Å². The molecular weight excluding hydrogens is 214 g/mol. The summed E-state index contributed by atoms with van der Waals surface area (Å²) in [6, 6.07) is -0.134. The molecule has 0 heterocycles. The van der Waals surface area contributed by atoms with Gasteiger partial charge in [-0.2, -0.15) is 0 Å². The Balaban J connectivity index is 4.07. The van der Waals surface area contributed by atoms with Gasteiger partial charge in [-0.3, -0.25) is 0 Å². The Morgan fingerprint density at radius 3 is 2.13 bits per heavy atom. The molecule has 0 bridgehead atoms. The maximum atomic E-state index is 11.0. The molecule has 0 aromatic carbocycles. The van der Waals surface area contributed by atoms with E-state index in [-0.39, 0.29) is 17.7 Å². The Bertz CT molecular complexity index is 283. The summed E-state index contributed by atoms with van der Waals surface area (Å²) in [5.74, 6) is 0.233. The Kier molecular flexibility index (Phi) is 5.23. The van der Waals surface area contributed by atoms with Crippen molar-refractivity contribution in [3.8, 4) is 0 Å². The Labute approximate surface area is 93.0 Å². The lowest BCUT2D eigenvalue weighted by molar-refractivity contribution is 0.0127. The molecule has 0 saturated carbocycles. The van der Waals surface area contributed by atoms with E-state index in [2.05, 4.69) is 5.32 Å². The van der Waals surface area contributed by atoms with Gasteiger partial charge >= 0.3 is 0 Å². The lowest BCUT2D eigenvalue weighted by atomic mass is 9.92. The molecule has 2 unspecified atom stereocenters. The third kappa shape index (κ3) is 6.87. The van der Waals surface area contributed by atoms with Crippen molar-refractivity contribution in [1.29, 1.82) is 0 Å². The fraction of sp³-hybridized carbons (Fsp3) is 1.00. The average molecular weight is 237 g/mol. The van der Waals surface area contributed by atoms with Crippen molar-refractivity contribution in [3.63, 3.8) is 0 Å². The number of hydrogen-bond acceptors (Lipinski definition) is 4. The van der Waals surface area contributed by atoms with Crippen molar-refractivity contribution in [3.05, 3.63) is 0 Å². The number of aliphatic hydroxyl groups is 1. The van der Waals surface area contributed by atoms with Crippen LogP contribution in [0, 0.1) is 5.92 Å². The molecule has 0 rings (SSSR count). The van der Waals surface area contributed by atoms with Gasteiger partial charge in [-0.15, -0.1) is 0 Å². The molecular formula is C10H23NO3S. The standard InChI is InChI=1S/C10H23NO3S/c1-8(2)10(4,12)7-11-9(3)6-15(5,13)14/h8-9,11-12H,6-7H2,1-5H3. The third-order valence-corrected chi connectivity index (χ3v) is 3.71. The predicted octanol–water partition coefficient (Wildman–Crippen LogP) is 0.416. The summed E-state index contributed by atoms with van der Waals surface area (Å²) < 4.78 is 22.0. The predicted molar refractivity (Wildman–Crippen MR) is 62.6 cm³/mol. The van der Waals surface area contributed by atoms with Crippen LogP contribution in [0.25, 0.3) is 0 Å². The smallest absolute Gasteiger partial charge is 0.148 e. The van der Waals surface area contributed by atoms with Gasteiger partial charge in [-0.25, -0.2) is 8.42 Å². The van der Waals surface area contributed by atoms with E-state index in [0.717, 1.165) is 0 Å². The van der Waals surface area contributed by atoms with E-state index in [4.69, 9.17) is 0 Å². The van der Waals surface area contributed by atoms with Gasteiger partial charge in [0, 0.05) is 18.8 Å². The van der Waals surface area contributed by atoms with Crippen molar-refractivity contribution in [2.45, 2.75) is 39.3 Å². The first-order chi connectivity index (χ1) is 6.54. The summed E-state index contributed by atoms with van der Waals surface area (Å²) in [6.45, 7) is 7.82. The molecule has 15 heavy (non-hydrogen) atoms. The van der Waals surface area contributed by atoms with Gasteiger partial charge in [-0.05, 0) is 19.8 Å². The fourth-order valence-electron chi connectivity index (χ4n) is 1.10. The first kappa shape index (κ1) is 14.9. The topological polar surface area (TPSA) is 66.4 Å². The van der Waals surface area contributed by atoms with Crippen LogP contribution in [0.2, 0.25) is 0 Å². The number of nitrogens with one attached hydrogen (secondary N) is 1. The summed E-state index contributed by atoms with van der Waals surface area (Å²) in [5.41, 5.74) is -0.800. The van der Waals surface area contributed by atoms with Gasteiger partial charge in [-0.1, -0.05) is 13.8 Å². The van der Waals surface area contributed by atoms with Gasteiger partial charge in [0.25, 0.3) is 0 Å². The Morgan fingerprint density at radius 2 is 1.80 bits per heavy atom. The Morgan fingerprint density at radius 1 is 1.33 bits per heavy atom. The molecule has 0 radical (unpaired) electrons. The van der Waals surface area contributed by atoms with Crippen LogP contribution in [-0.2, 0) is 9.84 Å². The molecule has 0 aliphatic heterocycles. The molecule has 5 heteroatoms. The second-order valence-corrected chi connectivity index (χ2v) is 7.07. The van der Waals surface area contributed by atoms with E-state index < -0.39 is 15.4 Å². The molecule has 0 fully saturated rings. The van der Waals surface area contributed by atoms with Crippen LogP contribution in [0.15, 0.2) is 0 Å². The quantitative estimate of drug-likeness (QED) is 0.702. The first-order valence-electron chi connectivity index (χ1n) is 5.18. The van der Waals surface area contributed by atoms with Gasteiger partial charge < -0.3 is 10.4 Å². The second kappa shape index (κ2) is 5.27. The molecule has 2 atom stereocenters. The molecule has 4 nitrogen and oxygen atoms in total. The molecule has 0 spiro atoms. The summed E-state index contributed by atoms with van der Waals surface area (Å²) in [4.78, 5) is 0. The lowest BCUT2D eigenvalue weighted by Crippen LogP contribution is -2.46. The van der Waals surface area contributed by atoms with Crippen LogP contribution in [0.1, 0.15) is 27.7 Å². The highest BCUT2D eigenvalue weighted by Gasteiger charge is 2.25. The van der Waals surface area contributed by atoms with E-state index >= 15 is 0 Å². The zero-order chi connectivity index (χ0) is 12.3. The highest BCUT2D eigenvalue weighted by molar-refractivity contribution is 7.90. The van der Waals surface area contributed by atoms with Crippen LogP contribution in [0.3, 0.4) is 0 Å². The highest BCUT2D eigenvalue weighted by atomic mass is 32.2. The molecule has 2 N–H and O–H groups in total. The minimum atomic E-state index is -2.96. The summed E-state index contributed by atoms with van der Waals surface area (Å²) in [5, 5.41) is 13.0. The lowest BCUT2D eigenvalue weighted by Gasteiger charge is -2.29. The van der Waals surface area contributed by atoms with E-state index in [1.54, 1.807) is 13.8 Å². The van der Waals surface area contributed by atoms with E-state index in [9.17, 15) is 13.5 Å². The molecule has 0 aliphatic rings. The molecule has 0 aromatic rings. The zero-order valence-electron chi connectivity index (χ0n) is 10.2. The maximum absolute atomic E-state index is 11.0. The number of hydrogen-bond donors (Lipinski definition) is 2. The van der Waals surface area contributed by atoms with Gasteiger partial charge in [0.2, 0.25) is 0 Å². The van der Waals surface area contributed by atoms with E-state index in [1.165, 1.54) is 6.26 Å². The molecule has 0 amide bonds. The van der Waals surface area contributed by atoms with E-state index in [0.29, 0.717) is 6.54 Å². The minimum absolute atomic E-state index is 0.0984. The van der Waals surface area contributed by atoms with Gasteiger partial charge in [0.1, 0.15) is 9.84 Å². The van der Waals surface area contributed by atoms with Crippen molar-refractivity contribution < 1.29 is 13.5 Å². The van der Waals surface area contributed by atoms with Gasteiger partial charge in [0.15, 0.2) is 0 Å². The molecule has 0 aliphatic carbocycles. The largest absolute Gasteiger partial charge is 0.389 e. The van der Waals surface area contributed by atoms with Crippen LogP contribution in [0.5, 0.6) is 0 Å². The SMILES string of the molecule is CC(CS(C)(=O)=O)NCC(C)(O)C(C)C. The maximum Gasteiger partial charge on any atom is 0.148 e. The molecule has 0 saturated heterocycles. The van der Waals surface area contributed by atoms with Crippen molar-refractivity contribution in [2.75, 3.05) is 18.6 Å². The average Bonchev–Trinajstić information content (AvgIpc) is 1.97. The number of rotatable bonds is 6. The van der Waals surface area contributed by atoms with Crippen molar-refractivity contribution in [1.82, 2.24) is 5.32 Å². The zero-order valence-corrected chi connectivity index (χ0v) is 11.1. The van der Waals surface area contributed by atoms with Crippen LogP contribution >= 0.6 is 0 Å². The normalized spacial score (nSPS) is 18.9. The highest BCUT2D eigenvalue weighted by Crippen LogP contribution is 2.14. The summed E-state index contributed by atoms with van der Waals surface area (Å²) >= 11 is 0. The van der Waals surface area contributed by atoms with Crippen molar-refractivity contribution >= 4 is 9.84 Å². The summed E-state index contributed by atoms with van der Waals surface area (Å²) in [7, 11) is -2.96. The molecule has 92 valence electrons. The minimum Gasteiger partial charge on any atom is -0.389 e. The monoisotopic (exact) mass is 237 g/mol. The van der Waals surface area contributed by atoms with Crippen LogP contribution in [-0.4, -0.2) is 43.7 Å². The number of sulfone groups is 1. The Hall–Kier alpha value is -0.130.